The molecule has 4 aromatic rings. The third-order valence-corrected chi connectivity index (χ3v) is 4.21. The summed E-state index contributed by atoms with van der Waals surface area (Å²) in [7, 11) is 0. The van der Waals surface area contributed by atoms with Crippen LogP contribution in [0, 0.1) is 19.7 Å². The van der Waals surface area contributed by atoms with E-state index >= 15 is 0 Å². The molecule has 0 spiro atoms. The number of imidazole rings is 1. The van der Waals surface area contributed by atoms with E-state index in [0.29, 0.717) is 28.6 Å². The lowest BCUT2D eigenvalue weighted by Gasteiger charge is -2.05. The first kappa shape index (κ1) is 16.0. The van der Waals surface area contributed by atoms with Crippen molar-refractivity contribution in [2.45, 2.75) is 13.8 Å². The Morgan fingerprint density at radius 2 is 1.85 bits per heavy atom. The summed E-state index contributed by atoms with van der Waals surface area (Å²) >= 11 is 0. The number of aromatic amines is 1. The van der Waals surface area contributed by atoms with Crippen LogP contribution in [0.25, 0.3) is 16.7 Å². The molecule has 0 bridgehead atoms. The second-order valence-electron chi connectivity index (χ2n) is 5.99. The van der Waals surface area contributed by atoms with Gasteiger partial charge in [-0.05, 0) is 50.2 Å². The fourth-order valence-electron chi connectivity index (χ4n) is 2.99. The lowest BCUT2D eigenvalue weighted by molar-refractivity contribution is 0.102. The number of rotatable bonds is 3. The second kappa shape index (κ2) is 6.11. The zero-order chi connectivity index (χ0) is 18.3. The van der Waals surface area contributed by atoms with E-state index in [4.69, 9.17) is 0 Å². The summed E-state index contributed by atoms with van der Waals surface area (Å²) in [5, 5.41) is 7.20. The topological polar surface area (TPSA) is 75.6 Å². The molecule has 0 aliphatic heterocycles. The summed E-state index contributed by atoms with van der Waals surface area (Å²) in [6.07, 6.45) is 0. The molecule has 0 atom stereocenters. The molecule has 0 aliphatic carbocycles. The first-order valence-corrected chi connectivity index (χ1v) is 8.11. The summed E-state index contributed by atoms with van der Waals surface area (Å²) in [6, 6.07) is 13.5. The van der Waals surface area contributed by atoms with Gasteiger partial charge in [0.1, 0.15) is 5.82 Å². The Balaban J connectivity index is 1.66. The van der Waals surface area contributed by atoms with Gasteiger partial charge in [0.15, 0.2) is 0 Å². The van der Waals surface area contributed by atoms with E-state index in [9.17, 15) is 9.18 Å². The van der Waals surface area contributed by atoms with Crippen molar-refractivity contribution < 1.29 is 9.18 Å². The minimum absolute atomic E-state index is 0.299. The van der Waals surface area contributed by atoms with Gasteiger partial charge in [-0.25, -0.2) is 14.1 Å². The Hall–Kier alpha value is -3.48. The van der Waals surface area contributed by atoms with Crippen LogP contribution in [0.5, 0.6) is 0 Å². The summed E-state index contributed by atoms with van der Waals surface area (Å²) in [5.41, 5.74) is 4.03. The number of H-pyrrole nitrogens is 1. The van der Waals surface area contributed by atoms with Crippen LogP contribution in [0.2, 0.25) is 0 Å². The maximum Gasteiger partial charge on any atom is 0.261 e. The lowest BCUT2D eigenvalue weighted by atomic mass is 10.2. The number of carbonyl (C=O) groups is 1. The largest absolute Gasteiger partial charge is 0.324 e. The molecule has 6 nitrogen and oxygen atoms in total. The monoisotopic (exact) mass is 349 g/mol. The van der Waals surface area contributed by atoms with Crippen molar-refractivity contribution in [3.8, 4) is 5.69 Å². The van der Waals surface area contributed by atoms with Crippen molar-refractivity contribution in [2.75, 3.05) is 5.32 Å². The van der Waals surface area contributed by atoms with Gasteiger partial charge in [0, 0.05) is 0 Å². The molecule has 1 amide bonds. The van der Waals surface area contributed by atoms with Crippen molar-refractivity contribution in [3.05, 3.63) is 71.3 Å². The molecule has 0 saturated heterocycles. The molecule has 2 heterocycles. The number of anilines is 1. The van der Waals surface area contributed by atoms with Crippen LogP contribution in [0.4, 0.5) is 10.3 Å². The molecule has 0 saturated carbocycles. The Kier molecular flexibility index (Phi) is 3.76. The van der Waals surface area contributed by atoms with Crippen LogP contribution >= 0.6 is 0 Å². The van der Waals surface area contributed by atoms with Crippen molar-refractivity contribution >= 4 is 22.9 Å². The quantitative estimate of drug-likeness (QED) is 0.591. The number of benzene rings is 2. The molecule has 2 aromatic heterocycles. The fraction of sp³-hybridized carbons (Fsp3) is 0.105. The average molecular weight is 349 g/mol. The van der Waals surface area contributed by atoms with Crippen LogP contribution in [0.1, 0.15) is 21.7 Å². The molecule has 2 N–H and O–H groups in total. The Morgan fingerprint density at radius 1 is 1.12 bits per heavy atom. The van der Waals surface area contributed by atoms with Crippen LogP contribution in [0.15, 0.2) is 48.5 Å². The number of para-hydroxylation sites is 2. The predicted octanol–water partition coefficient (Wildman–Crippen LogP) is 3.76. The Labute approximate surface area is 148 Å². The van der Waals surface area contributed by atoms with E-state index in [0.717, 1.165) is 11.0 Å². The first-order chi connectivity index (χ1) is 12.5. The van der Waals surface area contributed by atoms with E-state index in [1.807, 2.05) is 24.3 Å². The Morgan fingerprint density at radius 3 is 2.58 bits per heavy atom. The highest BCUT2D eigenvalue weighted by Gasteiger charge is 2.20. The third kappa shape index (κ3) is 2.73. The van der Waals surface area contributed by atoms with Gasteiger partial charge in [-0.1, -0.05) is 12.1 Å². The summed E-state index contributed by atoms with van der Waals surface area (Å²) in [4.78, 5) is 20.2. The number of fused-ring (bicyclic) bond motifs is 1. The maximum absolute atomic E-state index is 13.1. The van der Waals surface area contributed by atoms with Crippen LogP contribution in [-0.2, 0) is 0 Å². The van der Waals surface area contributed by atoms with Gasteiger partial charge in [-0.3, -0.25) is 10.1 Å². The number of hydrogen-bond acceptors (Lipinski definition) is 3. The number of amides is 1. The highest BCUT2D eigenvalue weighted by molar-refractivity contribution is 6.05. The van der Waals surface area contributed by atoms with E-state index in [2.05, 4.69) is 20.4 Å². The molecular formula is C19H16FN5O. The van der Waals surface area contributed by atoms with Gasteiger partial charge in [-0.2, -0.15) is 5.10 Å². The SMILES string of the molecule is Cc1nn(-c2ccc(F)cc2)c(C)c1C(=O)Nc1nc2ccccc2[nH]1. The molecule has 0 radical (unpaired) electrons. The molecule has 4 rings (SSSR count). The normalized spacial score (nSPS) is 11.0. The van der Waals surface area contributed by atoms with Gasteiger partial charge >= 0.3 is 0 Å². The average Bonchev–Trinajstić information content (AvgIpc) is 3.15. The number of nitrogens with one attached hydrogen (secondary N) is 2. The Bertz CT molecular complexity index is 1080. The highest BCUT2D eigenvalue weighted by atomic mass is 19.1. The molecule has 2 aromatic carbocycles. The zero-order valence-electron chi connectivity index (χ0n) is 14.2. The highest BCUT2D eigenvalue weighted by Crippen LogP contribution is 2.20. The zero-order valence-corrected chi connectivity index (χ0v) is 14.2. The van der Waals surface area contributed by atoms with Gasteiger partial charge in [0.2, 0.25) is 5.95 Å². The van der Waals surface area contributed by atoms with Gasteiger partial charge in [-0.15, -0.1) is 0 Å². The van der Waals surface area contributed by atoms with E-state index in [1.165, 1.54) is 12.1 Å². The number of halogens is 1. The second-order valence-corrected chi connectivity index (χ2v) is 5.99. The van der Waals surface area contributed by atoms with E-state index in [1.54, 1.807) is 30.7 Å². The van der Waals surface area contributed by atoms with Crippen LogP contribution in [-0.4, -0.2) is 25.7 Å². The minimum Gasteiger partial charge on any atom is -0.324 e. The van der Waals surface area contributed by atoms with E-state index in [-0.39, 0.29) is 11.7 Å². The van der Waals surface area contributed by atoms with Crippen molar-refractivity contribution in [2.24, 2.45) is 0 Å². The predicted molar refractivity (Wildman–Crippen MR) is 97.0 cm³/mol. The number of carbonyl (C=O) groups excluding carboxylic acids is 1. The third-order valence-electron chi connectivity index (χ3n) is 4.21. The number of hydrogen-bond donors (Lipinski definition) is 2. The van der Waals surface area contributed by atoms with Gasteiger partial charge in [0.05, 0.1) is 33.7 Å². The van der Waals surface area contributed by atoms with Gasteiger partial charge in [0.25, 0.3) is 5.91 Å². The molecule has 26 heavy (non-hydrogen) atoms. The summed E-state index contributed by atoms with van der Waals surface area (Å²) in [5.74, 6) is -0.241. The number of aryl methyl sites for hydroxylation is 1. The first-order valence-electron chi connectivity index (χ1n) is 8.11. The summed E-state index contributed by atoms with van der Waals surface area (Å²) < 4.78 is 14.8. The lowest BCUT2D eigenvalue weighted by Crippen LogP contribution is -2.15. The molecule has 0 fully saturated rings. The standard InChI is InChI=1S/C19H16FN5O/c1-11-17(12(2)25(24-11)14-9-7-13(20)8-10-14)18(26)23-19-21-15-5-3-4-6-16(15)22-19/h3-10H,1-2H3,(H2,21,22,23,26). The van der Waals surface area contributed by atoms with E-state index < -0.39 is 0 Å². The minimum atomic E-state index is -0.321. The number of nitrogens with zero attached hydrogens (tertiary/aromatic N) is 3. The fourth-order valence-corrected chi connectivity index (χ4v) is 2.99. The van der Waals surface area contributed by atoms with Crippen LogP contribution in [0.3, 0.4) is 0 Å². The van der Waals surface area contributed by atoms with Gasteiger partial charge < -0.3 is 4.98 Å². The molecular weight excluding hydrogens is 333 g/mol. The molecule has 7 heteroatoms. The smallest absolute Gasteiger partial charge is 0.261 e. The van der Waals surface area contributed by atoms with Crippen molar-refractivity contribution in [3.63, 3.8) is 0 Å². The number of aromatic nitrogens is 4. The maximum atomic E-state index is 13.1. The molecule has 130 valence electrons. The van der Waals surface area contributed by atoms with Crippen molar-refractivity contribution in [1.82, 2.24) is 19.7 Å². The van der Waals surface area contributed by atoms with Crippen LogP contribution < -0.4 is 5.32 Å². The molecule has 0 unspecified atom stereocenters. The molecule has 0 aliphatic rings. The van der Waals surface area contributed by atoms with Crippen molar-refractivity contribution in [1.29, 1.82) is 0 Å². The summed E-state index contributed by atoms with van der Waals surface area (Å²) in [6.45, 7) is 3.57.